The van der Waals surface area contributed by atoms with E-state index in [0.29, 0.717) is 17.2 Å². The summed E-state index contributed by atoms with van der Waals surface area (Å²) in [6, 6.07) is 14.5. The van der Waals surface area contributed by atoms with Gasteiger partial charge >= 0.3 is 0 Å². The van der Waals surface area contributed by atoms with Crippen LogP contribution in [0.5, 0.6) is 0 Å². The molecule has 0 aliphatic heterocycles. The van der Waals surface area contributed by atoms with E-state index in [1.54, 1.807) is 18.2 Å². The van der Waals surface area contributed by atoms with Gasteiger partial charge in [0.2, 0.25) is 0 Å². The average molecular weight is 267 g/mol. The number of aryl methyl sites for hydroxylation is 1. The summed E-state index contributed by atoms with van der Waals surface area (Å²) in [5.41, 5.74) is 2.60. The smallest absolute Gasteiger partial charge is 0.184 e. The number of nitrogens with zero attached hydrogens (tertiary/aromatic N) is 2. The van der Waals surface area contributed by atoms with Crippen LogP contribution in [0, 0.1) is 5.82 Å². The Balaban J connectivity index is 2.05. The number of H-pyrrole nitrogens is 1. The summed E-state index contributed by atoms with van der Waals surface area (Å²) in [4.78, 5) is 4.41. The van der Waals surface area contributed by atoms with Crippen LogP contribution < -0.4 is 0 Å². The van der Waals surface area contributed by atoms with Gasteiger partial charge < -0.3 is 0 Å². The van der Waals surface area contributed by atoms with Crippen LogP contribution in [0.4, 0.5) is 4.39 Å². The van der Waals surface area contributed by atoms with E-state index in [1.165, 1.54) is 11.6 Å². The first-order chi connectivity index (χ1) is 9.79. The molecule has 1 aromatic heterocycles. The van der Waals surface area contributed by atoms with Crippen molar-refractivity contribution in [3.05, 3.63) is 59.9 Å². The molecule has 1 heterocycles. The Labute approximate surface area is 116 Å². The SMILES string of the molecule is CCc1ccccc1-c1nc(-c2ccccc2F)n[nH]1. The van der Waals surface area contributed by atoms with E-state index in [-0.39, 0.29) is 5.82 Å². The van der Waals surface area contributed by atoms with Gasteiger partial charge in [0.25, 0.3) is 0 Å². The molecule has 20 heavy (non-hydrogen) atoms. The maximum absolute atomic E-state index is 13.7. The minimum absolute atomic E-state index is 0.318. The molecule has 0 aliphatic rings. The second-order valence-corrected chi connectivity index (χ2v) is 4.50. The van der Waals surface area contributed by atoms with Crippen molar-refractivity contribution in [3.63, 3.8) is 0 Å². The van der Waals surface area contributed by atoms with Gasteiger partial charge in [0.15, 0.2) is 11.6 Å². The predicted molar refractivity (Wildman–Crippen MR) is 76.6 cm³/mol. The molecule has 3 aromatic rings. The van der Waals surface area contributed by atoms with Crippen LogP contribution in [0.15, 0.2) is 48.5 Å². The maximum Gasteiger partial charge on any atom is 0.184 e. The van der Waals surface area contributed by atoms with Crippen molar-refractivity contribution in [2.24, 2.45) is 0 Å². The monoisotopic (exact) mass is 267 g/mol. The Bertz CT molecular complexity index is 734. The molecule has 4 heteroatoms. The molecule has 0 atom stereocenters. The third kappa shape index (κ3) is 2.20. The molecule has 3 nitrogen and oxygen atoms in total. The minimum Gasteiger partial charge on any atom is -0.259 e. The van der Waals surface area contributed by atoms with Gasteiger partial charge in [-0.2, -0.15) is 5.10 Å². The van der Waals surface area contributed by atoms with E-state index < -0.39 is 0 Å². The maximum atomic E-state index is 13.7. The van der Waals surface area contributed by atoms with E-state index in [2.05, 4.69) is 28.2 Å². The summed E-state index contributed by atoms with van der Waals surface area (Å²) >= 11 is 0. The van der Waals surface area contributed by atoms with E-state index in [0.717, 1.165) is 12.0 Å². The standard InChI is InChI=1S/C16H14FN3/c1-2-11-7-3-4-8-12(11)15-18-16(20-19-15)13-9-5-6-10-14(13)17/h3-10H,2H2,1H3,(H,18,19,20). The van der Waals surface area contributed by atoms with Crippen LogP contribution in [-0.2, 0) is 6.42 Å². The number of hydrogen-bond donors (Lipinski definition) is 1. The highest BCUT2D eigenvalue weighted by Gasteiger charge is 2.12. The Morgan fingerprint density at radius 2 is 1.70 bits per heavy atom. The zero-order valence-electron chi connectivity index (χ0n) is 11.1. The van der Waals surface area contributed by atoms with E-state index in [4.69, 9.17) is 0 Å². The highest BCUT2D eigenvalue weighted by atomic mass is 19.1. The number of benzene rings is 2. The average Bonchev–Trinajstić information content (AvgIpc) is 2.97. The molecule has 0 amide bonds. The number of aromatic amines is 1. The van der Waals surface area contributed by atoms with Crippen molar-refractivity contribution in [1.82, 2.24) is 15.2 Å². The topological polar surface area (TPSA) is 41.6 Å². The van der Waals surface area contributed by atoms with E-state index >= 15 is 0 Å². The summed E-state index contributed by atoms with van der Waals surface area (Å²) in [5, 5.41) is 7.02. The largest absolute Gasteiger partial charge is 0.259 e. The summed E-state index contributed by atoms with van der Waals surface area (Å²) in [7, 11) is 0. The third-order valence-corrected chi connectivity index (χ3v) is 3.25. The van der Waals surface area contributed by atoms with Gasteiger partial charge in [-0.1, -0.05) is 43.3 Å². The minimum atomic E-state index is -0.318. The predicted octanol–water partition coefficient (Wildman–Crippen LogP) is 3.84. The molecular weight excluding hydrogens is 253 g/mol. The lowest BCUT2D eigenvalue weighted by atomic mass is 10.1. The molecule has 0 fully saturated rings. The van der Waals surface area contributed by atoms with Crippen LogP contribution in [0.1, 0.15) is 12.5 Å². The highest BCUT2D eigenvalue weighted by molar-refractivity contribution is 5.64. The molecule has 0 unspecified atom stereocenters. The Kier molecular flexibility index (Phi) is 3.29. The quantitative estimate of drug-likeness (QED) is 0.783. The summed E-state index contributed by atoms with van der Waals surface area (Å²) in [6.07, 6.45) is 0.909. The molecule has 3 rings (SSSR count). The number of aromatic nitrogens is 3. The van der Waals surface area contributed by atoms with Crippen molar-refractivity contribution in [3.8, 4) is 22.8 Å². The zero-order chi connectivity index (χ0) is 13.9. The van der Waals surface area contributed by atoms with Gasteiger partial charge in [-0.3, -0.25) is 5.10 Å². The number of nitrogens with one attached hydrogen (secondary N) is 1. The van der Waals surface area contributed by atoms with Crippen LogP contribution in [-0.4, -0.2) is 15.2 Å². The molecule has 1 N–H and O–H groups in total. The fraction of sp³-hybridized carbons (Fsp3) is 0.125. The first-order valence-electron chi connectivity index (χ1n) is 6.55. The molecule has 2 aromatic carbocycles. The lowest BCUT2D eigenvalue weighted by Gasteiger charge is -2.03. The summed E-state index contributed by atoms with van der Waals surface area (Å²) in [5.74, 6) is 0.728. The van der Waals surface area contributed by atoms with Crippen LogP contribution in [0.3, 0.4) is 0 Å². The van der Waals surface area contributed by atoms with Crippen molar-refractivity contribution < 1.29 is 4.39 Å². The van der Waals surface area contributed by atoms with Crippen molar-refractivity contribution in [2.75, 3.05) is 0 Å². The van der Waals surface area contributed by atoms with Crippen molar-refractivity contribution >= 4 is 0 Å². The first-order valence-corrected chi connectivity index (χ1v) is 6.55. The number of hydrogen-bond acceptors (Lipinski definition) is 2. The Morgan fingerprint density at radius 1 is 1.00 bits per heavy atom. The molecule has 0 spiro atoms. The highest BCUT2D eigenvalue weighted by Crippen LogP contribution is 2.24. The van der Waals surface area contributed by atoms with E-state index in [1.807, 2.05) is 18.2 Å². The Hall–Kier alpha value is -2.49. The first kappa shape index (κ1) is 12.5. The molecule has 0 bridgehead atoms. The van der Waals surface area contributed by atoms with Gasteiger partial charge in [0, 0.05) is 5.56 Å². The zero-order valence-corrected chi connectivity index (χ0v) is 11.1. The molecule has 0 aliphatic carbocycles. The van der Waals surface area contributed by atoms with Gasteiger partial charge in [-0.25, -0.2) is 9.37 Å². The molecule has 100 valence electrons. The lowest BCUT2D eigenvalue weighted by Crippen LogP contribution is -1.89. The van der Waals surface area contributed by atoms with Crippen molar-refractivity contribution in [2.45, 2.75) is 13.3 Å². The van der Waals surface area contributed by atoms with Gasteiger partial charge in [0.05, 0.1) is 5.56 Å². The van der Waals surface area contributed by atoms with Crippen LogP contribution in [0.2, 0.25) is 0 Å². The second kappa shape index (κ2) is 5.25. The fourth-order valence-electron chi connectivity index (χ4n) is 2.20. The summed E-state index contributed by atoms with van der Waals surface area (Å²) < 4.78 is 13.7. The lowest BCUT2D eigenvalue weighted by molar-refractivity contribution is 0.630. The number of halogens is 1. The van der Waals surface area contributed by atoms with Crippen molar-refractivity contribution in [1.29, 1.82) is 0 Å². The van der Waals surface area contributed by atoms with Crippen LogP contribution >= 0.6 is 0 Å². The number of rotatable bonds is 3. The van der Waals surface area contributed by atoms with Gasteiger partial charge in [0.1, 0.15) is 5.82 Å². The molecule has 0 saturated carbocycles. The fourth-order valence-corrected chi connectivity index (χ4v) is 2.20. The normalized spacial score (nSPS) is 10.7. The van der Waals surface area contributed by atoms with Gasteiger partial charge in [-0.15, -0.1) is 0 Å². The van der Waals surface area contributed by atoms with Gasteiger partial charge in [-0.05, 0) is 24.1 Å². The molecular formula is C16H14FN3. The Morgan fingerprint density at radius 3 is 2.45 bits per heavy atom. The third-order valence-electron chi connectivity index (χ3n) is 3.25. The second-order valence-electron chi connectivity index (χ2n) is 4.50. The molecule has 0 saturated heterocycles. The van der Waals surface area contributed by atoms with Crippen LogP contribution in [0.25, 0.3) is 22.8 Å². The molecule has 0 radical (unpaired) electrons. The summed E-state index contributed by atoms with van der Waals surface area (Å²) in [6.45, 7) is 2.09. The van der Waals surface area contributed by atoms with E-state index in [9.17, 15) is 4.39 Å².